The maximum absolute atomic E-state index is 0. The molecule has 0 fully saturated rings. The van der Waals surface area contributed by atoms with Crippen LogP contribution in [0.4, 0.5) is 0 Å². The Balaban J connectivity index is 0. The van der Waals surface area contributed by atoms with Crippen LogP contribution in [0.3, 0.4) is 0 Å². The Morgan fingerprint density at radius 3 is 1.00 bits per heavy atom. The summed E-state index contributed by atoms with van der Waals surface area (Å²) in [6.07, 6.45) is 0. The van der Waals surface area contributed by atoms with Gasteiger partial charge in [-0.2, -0.15) is 0 Å². The summed E-state index contributed by atoms with van der Waals surface area (Å²) >= 11 is 0. The first-order chi connectivity index (χ1) is 0. The first-order valence-corrected chi connectivity index (χ1v) is 0. The molecule has 0 rings (SSSR count). The van der Waals surface area contributed by atoms with Crippen LogP contribution < -0.4 is 0 Å². The van der Waals surface area contributed by atoms with Gasteiger partial charge in [-0.25, -0.2) is 0 Å². The topological polar surface area (TPSA) is 0 Å². The van der Waals surface area contributed by atoms with Gasteiger partial charge in [0.25, 0.3) is 0 Å². The van der Waals surface area contributed by atoms with Crippen LogP contribution in [-0.4, -0.2) is 28.3 Å². The predicted octanol–water partition coefficient (Wildman–Crippen LogP) is -2.64. The van der Waals surface area contributed by atoms with Gasteiger partial charge in [-0.15, -0.1) is 0 Å². The maximum Gasteiger partial charge on any atom is 0.187 e. The number of hydrogen-bond donors (Lipinski definition) is 0. The van der Waals surface area contributed by atoms with E-state index in [9.17, 15) is 0 Å². The summed E-state index contributed by atoms with van der Waals surface area (Å²) in [5.74, 6) is 0. The van der Waals surface area contributed by atoms with Gasteiger partial charge in [0.1, 0.15) is 0 Å². The molecule has 0 bridgehead atoms. The van der Waals surface area contributed by atoms with Crippen LogP contribution in [0.15, 0.2) is 0 Å². The molecule has 0 aromatic rings. The quantitative estimate of drug-likeness (QED) is 0.347. The molecule has 0 unspecified atom stereocenters. The van der Waals surface area contributed by atoms with E-state index in [4.69, 9.17) is 0 Å². The molecule has 4 heteroatoms. The predicted molar refractivity (Wildman–Crippen MR) is 21.3 cm³/mol. The van der Waals surface area contributed by atoms with Crippen molar-refractivity contribution in [2.24, 2.45) is 0 Å². The molecule has 0 aliphatic heterocycles. The van der Waals surface area contributed by atoms with E-state index < -0.39 is 0 Å². The zero-order valence-electron chi connectivity index (χ0n) is 0.801. The summed E-state index contributed by atoms with van der Waals surface area (Å²) in [5, 5.41) is 0. The monoisotopic (exact) mass is 169 g/mol. The first-order valence-electron chi connectivity index (χ1n) is 0. The fourth-order valence-corrected chi connectivity index (χ4v) is 0. The minimum atomic E-state index is 0. The van der Waals surface area contributed by atoms with Crippen LogP contribution >= 0.6 is 0 Å². The molecule has 0 saturated heterocycles. The van der Waals surface area contributed by atoms with Gasteiger partial charge in [0.05, 0.1) is 0 Å². The Kier molecular flexibility index (Phi) is 211. The van der Waals surface area contributed by atoms with Crippen molar-refractivity contribution in [2.45, 2.75) is 0 Å². The molecule has 0 aliphatic rings. The molecule has 0 aliphatic carbocycles. The number of hydrogen-bond acceptors (Lipinski definition) is 0. The number of rotatable bonds is 0. The van der Waals surface area contributed by atoms with Crippen LogP contribution in [-0.2, 0) is 35.6 Å². The van der Waals surface area contributed by atoms with Crippen molar-refractivity contribution >= 4 is 28.3 Å². The second-order valence-electron chi connectivity index (χ2n) is 0. The Bertz CT molecular complexity index is 8.00. The van der Waals surface area contributed by atoms with Gasteiger partial charge in [-0.05, 0) is 11.0 Å². The van der Waals surface area contributed by atoms with Crippen LogP contribution in [0, 0.1) is 0 Å². The largest absolute Gasteiger partial charge is 0.187 e. The molecule has 4 heavy (non-hydrogen) atoms. The summed E-state index contributed by atoms with van der Waals surface area (Å²) in [6, 6.07) is 0. The standard InChI is InChI=1S/Al.Fe.H4Si.V.3H/h;;1H4;;;;. The van der Waals surface area contributed by atoms with Gasteiger partial charge in [0, 0.05) is 35.6 Å². The van der Waals surface area contributed by atoms with Crippen molar-refractivity contribution in [3.05, 3.63) is 0 Å². The molecule has 0 aromatic carbocycles. The Morgan fingerprint density at radius 1 is 1.00 bits per heavy atom. The molecule has 0 saturated carbocycles. The molecular formula is H7AlFeSiV. The Hall–Kier alpha value is 1.85. The molecule has 0 aromatic heterocycles. The normalized spacial score (nSPS) is 0. The zero-order chi connectivity index (χ0) is 0. The van der Waals surface area contributed by atoms with Crippen molar-refractivity contribution in [1.29, 1.82) is 0 Å². The SMILES string of the molecule is [AlH3].[Fe].[SiH4].[V]. The van der Waals surface area contributed by atoms with Gasteiger partial charge in [0.15, 0.2) is 17.4 Å². The van der Waals surface area contributed by atoms with E-state index in [2.05, 4.69) is 0 Å². The summed E-state index contributed by atoms with van der Waals surface area (Å²) in [7, 11) is 0. The first kappa shape index (κ1) is 40.1. The molecule has 0 amide bonds. The molecule has 0 nitrogen and oxygen atoms in total. The summed E-state index contributed by atoms with van der Waals surface area (Å²) in [5.41, 5.74) is 0. The van der Waals surface area contributed by atoms with E-state index in [1.54, 1.807) is 0 Å². The van der Waals surface area contributed by atoms with Gasteiger partial charge >= 0.3 is 0 Å². The molecule has 0 heterocycles. The van der Waals surface area contributed by atoms with E-state index in [0.717, 1.165) is 0 Å². The Morgan fingerprint density at radius 2 is 1.00 bits per heavy atom. The van der Waals surface area contributed by atoms with Gasteiger partial charge in [-0.3, -0.25) is 0 Å². The fourth-order valence-electron chi connectivity index (χ4n) is 0. The smallest absolute Gasteiger partial charge is 0.0149 e. The molecule has 0 spiro atoms. The third-order valence-electron chi connectivity index (χ3n) is 0. The van der Waals surface area contributed by atoms with Crippen LogP contribution in [0.5, 0.6) is 0 Å². The second-order valence-corrected chi connectivity index (χ2v) is 0. The van der Waals surface area contributed by atoms with Crippen molar-refractivity contribution in [3.63, 3.8) is 0 Å². The van der Waals surface area contributed by atoms with E-state index in [1.807, 2.05) is 0 Å². The van der Waals surface area contributed by atoms with Crippen molar-refractivity contribution < 1.29 is 35.6 Å². The second kappa shape index (κ2) is 21.0. The summed E-state index contributed by atoms with van der Waals surface area (Å²) in [6.45, 7) is 0. The van der Waals surface area contributed by atoms with Crippen LogP contribution in [0.2, 0.25) is 0 Å². The average Bonchev–Trinajstić information content (AvgIpc) is 0. The van der Waals surface area contributed by atoms with Crippen LogP contribution in [0.25, 0.3) is 0 Å². The van der Waals surface area contributed by atoms with Gasteiger partial charge in [-0.1, -0.05) is 0 Å². The van der Waals surface area contributed by atoms with Crippen LogP contribution in [0.1, 0.15) is 0 Å². The van der Waals surface area contributed by atoms with E-state index >= 15 is 0 Å². The van der Waals surface area contributed by atoms with Gasteiger partial charge in [0.2, 0.25) is 0 Å². The minimum Gasteiger partial charge on any atom is -0.0149 e. The maximum atomic E-state index is 0. The van der Waals surface area contributed by atoms with E-state index in [1.165, 1.54) is 0 Å². The molecule has 0 N–H and O–H groups in total. The molecule has 1 radical (unpaired) electrons. The van der Waals surface area contributed by atoms with Crippen molar-refractivity contribution in [2.75, 3.05) is 0 Å². The van der Waals surface area contributed by atoms with E-state index in [-0.39, 0.29) is 64.0 Å². The average molecular weight is 169 g/mol. The third kappa shape index (κ3) is 9.13. The minimum absolute atomic E-state index is 0. The third-order valence-corrected chi connectivity index (χ3v) is 0. The summed E-state index contributed by atoms with van der Waals surface area (Å²) in [4.78, 5) is 0. The molecule has 27 valence electrons. The van der Waals surface area contributed by atoms with Gasteiger partial charge < -0.3 is 0 Å². The Labute approximate surface area is 63.6 Å². The zero-order valence-corrected chi connectivity index (χ0v) is 3.30. The van der Waals surface area contributed by atoms with Crippen molar-refractivity contribution in [1.82, 2.24) is 0 Å². The fraction of sp³-hybridized carbons (Fsp3) is 0. The summed E-state index contributed by atoms with van der Waals surface area (Å²) < 4.78 is 0. The van der Waals surface area contributed by atoms with Crippen molar-refractivity contribution in [3.8, 4) is 0 Å². The molecule has 0 atom stereocenters. The van der Waals surface area contributed by atoms with E-state index in [0.29, 0.717) is 0 Å². The molecular weight excluding hydrogens is 162 g/mol.